The molecule has 1 aromatic heterocycles. The fourth-order valence-electron chi connectivity index (χ4n) is 3.99. The zero-order chi connectivity index (χ0) is 17.7. The van der Waals surface area contributed by atoms with Gasteiger partial charge in [0.2, 0.25) is 0 Å². The number of ether oxygens (including phenoxy) is 2. The molecule has 0 bridgehead atoms. The lowest BCUT2D eigenvalue weighted by molar-refractivity contribution is -0.0125. The van der Waals surface area contributed by atoms with Crippen LogP contribution in [0.5, 0.6) is 11.5 Å². The molecule has 1 fully saturated rings. The summed E-state index contributed by atoms with van der Waals surface area (Å²) in [5, 5.41) is 9.54. The average molecular weight is 375 g/mol. The summed E-state index contributed by atoms with van der Waals surface area (Å²) in [7, 11) is 1.68. The summed E-state index contributed by atoms with van der Waals surface area (Å²) in [4.78, 5) is 1.35. The van der Waals surface area contributed by atoms with Crippen molar-refractivity contribution in [3.63, 3.8) is 0 Å². The molecule has 4 nitrogen and oxygen atoms in total. The molecule has 0 amide bonds. The van der Waals surface area contributed by atoms with Gasteiger partial charge in [-0.15, -0.1) is 11.3 Å². The quantitative estimate of drug-likeness (QED) is 0.778. The van der Waals surface area contributed by atoms with E-state index in [4.69, 9.17) is 21.7 Å². The number of fused-ring (bicyclic) bond motifs is 1. The van der Waals surface area contributed by atoms with Crippen LogP contribution in [-0.2, 0) is 0 Å². The highest BCUT2D eigenvalue weighted by atomic mass is 32.1. The second-order valence-electron chi connectivity index (χ2n) is 7.41. The average Bonchev–Trinajstić information content (AvgIpc) is 3.05. The molecule has 132 valence electrons. The lowest BCUT2D eigenvalue weighted by Crippen LogP contribution is -2.69. The van der Waals surface area contributed by atoms with Crippen LogP contribution in [0.3, 0.4) is 0 Å². The zero-order valence-electron chi connectivity index (χ0n) is 14.6. The molecule has 2 unspecified atom stereocenters. The van der Waals surface area contributed by atoms with Crippen LogP contribution in [0, 0.1) is 0 Å². The Kier molecular flexibility index (Phi) is 3.92. The Bertz CT molecular complexity index is 804. The normalized spacial score (nSPS) is 27.0. The fourth-order valence-corrected chi connectivity index (χ4v) is 5.29. The predicted molar refractivity (Wildman–Crippen MR) is 105 cm³/mol. The third-order valence-corrected chi connectivity index (χ3v) is 6.03. The summed E-state index contributed by atoms with van der Waals surface area (Å²) >= 11 is 7.26. The minimum absolute atomic E-state index is 0.126. The summed E-state index contributed by atoms with van der Waals surface area (Å²) in [6, 6.07) is 10.4. The second kappa shape index (κ2) is 5.88. The van der Waals surface area contributed by atoms with E-state index in [-0.39, 0.29) is 11.5 Å². The van der Waals surface area contributed by atoms with Gasteiger partial charge in [-0.05, 0) is 43.6 Å². The molecule has 0 radical (unpaired) electrons. The number of thiophene rings is 1. The summed E-state index contributed by atoms with van der Waals surface area (Å²) in [6.45, 7) is 4.32. The summed E-state index contributed by atoms with van der Waals surface area (Å²) in [5.74, 6) is 1.95. The monoisotopic (exact) mass is 374 g/mol. The van der Waals surface area contributed by atoms with Crippen molar-refractivity contribution in [3.8, 4) is 11.5 Å². The van der Waals surface area contributed by atoms with Crippen LogP contribution >= 0.6 is 23.6 Å². The van der Waals surface area contributed by atoms with Crippen LogP contribution in [-0.4, -0.2) is 23.5 Å². The summed E-state index contributed by atoms with van der Waals surface area (Å²) in [5.41, 5.74) is 0.566. The van der Waals surface area contributed by atoms with E-state index in [1.165, 1.54) is 10.4 Å². The molecular weight excluding hydrogens is 352 g/mol. The maximum absolute atomic E-state index is 6.52. The van der Waals surface area contributed by atoms with Crippen molar-refractivity contribution in [1.82, 2.24) is 10.6 Å². The summed E-state index contributed by atoms with van der Waals surface area (Å²) in [6.07, 6.45) is 1.66. The van der Waals surface area contributed by atoms with E-state index in [9.17, 15) is 0 Å². The van der Waals surface area contributed by atoms with Crippen LogP contribution in [0.4, 0.5) is 0 Å². The number of rotatable bonds is 2. The van der Waals surface area contributed by atoms with Crippen LogP contribution in [0.15, 0.2) is 35.7 Å². The van der Waals surface area contributed by atoms with Crippen molar-refractivity contribution >= 4 is 28.7 Å². The number of benzene rings is 1. The maximum atomic E-state index is 6.52. The molecule has 2 N–H and O–H groups in total. The summed E-state index contributed by atoms with van der Waals surface area (Å²) < 4.78 is 11.9. The van der Waals surface area contributed by atoms with Gasteiger partial charge in [0.25, 0.3) is 0 Å². The van der Waals surface area contributed by atoms with Gasteiger partial charge < -0.3 is 20.1 Å². The van der Waals surface area contributed by atoms with Gasteiger partial charge in [-0.25, -0.2) is 0 Å². The van der Waals surface area contributed by atoms with Gasteiger partial charge in [0.05, 0.1) is 7.11 Å². The van der Waals surface area contributed by atoms with Gasteiger partial charge in [-0.1, -0.05) is 12.1 Å². The largest absolute Gasteiger partial charge is 0.497 e. The van der Waals surface area contributed by atoms with Crippen molar-refractivity contribution in [2.45, 2.75) is 43.9 Å². The Labute approximate surface area is 157 Å². The van der Waals surface area contributed by atoms with Crippen molar-refractivity contribution in [3.05, 3.63) is 46.2 Å². The molecular formula is C19H22N2O2S2. The van der Waals surface area contributed by atoms with Crippen LogP contribution in [0.1, 0.15) is 43.0 Å². The third kappa shape index (κ3) is 3.09. The molecule has 2 aliphatic rings. The molecule has 6 heteroatoms. The van der Waals surface area contributed by atoms with Crippen LogP contribution in [0.2, 0.25) is 0 Å². The van der Waals surface area contributed by atoms with Crippen LogP contribution < -0.4 is 20.1 Å². The lowest BCUT2D eigenvalue weighted by atomic mass is 9.79. The minimum atomic E-state index is -0.514. The molecule has 2 aromatic rings. The minimum Gasteiger partial charge on any atom is -0.497 e. The van der Waals surface area contributed by atoms with E-state index in [1.54, 1.807) is 18.4 Å². The Morgan fingerprint density at radius 1 is 1.28 bits per heavy atom. The molecule has 2 atom stereocenters. The number of methoxy groups -OCH3 is 1. The highest BCUT2D eigenvalue weighted by molar-refractivity contribution is 7.80. The third-order valence-electron chi connectivity index (χ3n) is 4.84. The molecule has 2 aliphatic heterocycles. The first-order chi connectivity index (χ1) is 11.9. The van der Waals surface area contributed by atoms with E-state index < -0.39 is 5.72 Å². The van der Waals surface area contributed by atoms with E-state index in [0.29, 0.717) is 5.11 Å². The molecule has 25 heavy (non-hydrogen) atoms. The molecule has 3 heterocycles. The Morgan fingerprint density at radius 2 is 2.12 bits per heavy atom. The number of hydrogen-bond donors (Lipinski definition) is 2. The smallest absolute Gasteiger partial charge is 0.185 e. The molecule has 1 saturated heterocycles. The molecule has 1 spiro atoms. The number of thiocarbonyl (C=S) groups is 1. The van der Waals surface area contributed by atoms with Crippen molar-refractivity contribution in [2.75, 3.05) is 7.11 Å². The van der Waals surface area contributed by atoms with Crippen LogP contribution in [0.25, 0.3) is 0 Å². The van der Waals surface area contributed by atoms with Gasteiger partial charge in [-0.3, -0.25) is 0 Å². The topological polar surface area (TPSA) is 42.5 Å². The maximum Gasteiger partial charge on any atom is 0.185 e. The lowest BCUT2D eigenvalue weighted by Gasteiger charge is -2.50. The van der Waals surface area contributed by atoms with Crippen molar-refractivity contribution in [1.29, 1.82) is 0 Å². The number of nitrogens with one attached hydrogen (secondary N) is 2. The highest BCUT2D eigenvalue weighted by Crippen LogP contribution is 2.48. The highest BCUT2D eigenvalue weighted by Gasteiger charge is 2.48. The van der Waals surface area contributed by atoms with Gasteiger partial charge in [0.1, 0.15) is 11.5 Å². The van der Waals surface area contributed by atoms with E-state index in [2.05, 4.69) is 48.1 Å². The van der Waals surface area contributed by atoms with Crippen molar-refractivity contribution in [2.24, 2.45) is 0 Å². The van der Waals surface area contributed by atoms with E-state index >= 15 is 0 Å². The zero-order valence-corrected chi connectivity index (χ0v) is 16.2. The SMILES string of the molecule is COc1ccc2c(c1)OC1(CC2c2cccs2)CC(C)(C)NC(=S)N1. The first kappa shape index (κ1) is 16.7. The number of hydrogen-bond acceptors (Lipinski definition) is 4. The molecule has 0 aliphatic carbocycles. The Hall–Kier alpha value is -1.79. The van der Waals surface area contributed by atoms with Gasteiger partial charge in [0, 0.05) is 40.8 Å². The first-order valence-corrected chi connectivity index (χ1v) is 9.69. The van der Waals surface area contributed by atoms with E-state index in [1.807, 2.05) is 12.1 Å². The fraction of sp³-hybridized carbons (Fsp3) is 0.421. The first-order valence-electron chi connectivity index (χ1n) is 8.40. The van der Waals surface area contributed by atoms with E-state index in [0.717, 1.165) is 24.3 Å². The molecule has 0 saturated carbocycles. The molecule has 4 rings (SSSR count). The standard InChI is InChI=1S/C19H22N2O2S2/c1-18(2)11-19(21-17(24)20-18)10-14(16-5-4-8-25-16)13-7-6-12(22-3)9-15(13)23-19/h4-9,14H,10-11H2,1-3H3,(H2,20,21,24). The molecule has 1 aromatic carbocycles. The van der Waals surface area contributed by atoms with Gasteiger partial charge >= 0.3 is 0 Å². The Balaban J connectivity index is 1.81. The predicted octanol–water partition coefficient (Wildman–Crippen LogP) is 4.01. The van der Waals surface area contributed by atoms with Crippen molar-refractivity contribution < 1.29 is 9.47 Å². The van der Waals surface area contributed by atoms with Gasteiger partial charge in [-0.2, -0.15) is 0 Å². The second-order valence-corrected chi connectivity index (χ2v) is 8.80. The Morgan fingerprint density at radius 3 is 2.80 bits per heavy atom. The van der Waals surface area contributed by atoms with Gasteiger partial charge in [0.15, 0.2) is 10.8 Å².